The molecule has 9 heteroatoms. The number of nitro groups is 1. The predicted octanol–water partition coefficient (Wildman–Crippen LogP) is 1.38. The molecule has 2 rings (SSSR count). The third-order valence-corrected chi connectivity index (χ3v) is 3.57. The number of benzene rings is 1. The fourth-order valence-corrected chi connectivity index (χ4v) is 2.54. The maximum Gasteiger partial charge on any atom is 0.304 e. The van der Waals surface area contributed by atoms with Crippen LogP contribution in [-0.2, 0) is 16.4 Å². The van der Waals surface area contributed by atoms with Crippen LogP contribution in [0.2, 0.25) is 0 Å². The van der Waals surface area contributed by atoms with E-state index in [2.05, 4.69) is 4.98 Å². The molecule has 0 spiro atoms. The van der Waals surface area contributed by atoms with Crippen molar-refractivity contribution in [2.45, 2.75) is 11.7 Å². The first-order valence-electron chi connectivity index (χ1n) is 5.43. The molecule has 20 heavy (non-hydrogen) atoms. The van der Waals surface area contributed by atoms with Crippen molar-refractivity contribution in [2.75, 3.05) is 6.26 Å². The molecule has 0 fully saturated rings. The summed E-state index contributed by atoms with van der Waals surface area (Å²) in [6.07, 6.45) is 3.77. The highest BCUT2D eigenvalue weighted by atomic mass is 32.2. The number of sulfone groups is 1. The second-order valence-corrected chi connectivity index (χ2v) is 6.06. The summed E-state index contributed by atoms with van der Waals surface area (Å²) in [6, 6.07) is 3.42. The van der Waals surface area contributed by atoms with Crippen molar-refractivity contribution < 1.29 is 17.7 Å². The number of imidazole rings is 1. The number of nitro benzene ring substituents is 1. The van der Waals surface area contributed by atoms with Gasteiger partial charge in [0.1, 0.15) is 0 Å². The van der Waals surface area contributed by atoms with Crippen LogP contribution < -0.4 is 0 Å². The Labute approximate surface area is 113 Å². The van der Waals surface area contributed by atoms with E-state index in [1.807, 2.05) is 0 Å². The van der Waals surface area contributed by atoms with Gasteiger partial charge in [-0.1, -0.05) is 6.07 Å². The van der Waals surface area contributed by atoms with Crippen LogP contribution in [0, 0.1) is 15.9 Å². The number of nitrogens with zero attached hydrogens (tertiary/aromatic N) is 3. The van der Waals surface area contributed by atoms with Crippen molar-refractivity contribution in [3.05, 3.63) is 52.1 Å². The van der Waals surface area contributed by atoms with E-state index in [0.717, 1.165) is 18.4 Å². The Morgan fingerprint density at radius 2 is 2.15 bits per heavy atom. The first-order chi connectivity index (χ1) is 9.29. The summed E-state index contributed by atoms with van der Waals surface area (Å²) in [5.74, 6) is -0.964. The predicted molar refractivity (Wildman–Crippen MR) is 67.5 cm³/mol. The van der Waals surface area contributed by atoms with Gasteiger partial charge in [0.05, 0.1) is 4.92 Å². The molecule has 0 N–H and O–H groups in total. The summed E-state index contributed by atoms with van der Waals surface area (Å²) in [7, 11) is -3.49. The standard InChI is InChI=1S/C11H10FN3O4S/c1-20(18,19)11-13-4-5-14(11)7-8-2-3-10(15(16)17)9(12)6-8/h2-6H,7H2,1H3. The van der Waals surface area contributed by atoms with Gasteiger partial charge in [0.15, 0.2) is 0 Å². The third kappa shape index (κ3) is 2.82. The van der Waals surface area contributed by atoms with Gasteiger partial charge in [-0.05, 0) is 11.6 Å². The van der Waals surface area contributed by atoms with Crippen LogP contribution in [0.3, 0.4) is 0 Å². The third-order valence-electron chi connectivity index (χ3n) is 2.57. The monoisotopic (exact) mass is 299 g/mol. The van der Waals surface area contributed by atoms with E-state index in [1.165, 1.54) is 23.0 Å². The van der Waals surface area contributed by atoms with E-state index in [-0.39, 0.29) is 11.7 Å². The molecule has 1 aromatic heterocycles. The van der Waals surface area contributed by atoms with Gasteiger partial charge >= 0.3 is 5.69 Å². The summed E-state index contributed by atoms with van der Waals surface area (Å²) >= 11 is 0. The molecule has 0 aliphatic rings. The summed E-state index contributed by atoms with van der Waals surface area (Å²) in [5.41, 5.74) is -0.223. The minimum absolute atomic E-state index is 0.0529. The highest BCUT2D eigenvalue weighted by molar-refractivity contribution is 7.90. The topological polar surface area (TPSA) is 95.1 Å². The van der Waals surface area contributed by atoms with Crippen molar-refractivity contribution >= 4 is 15.5 Å². The number of rotatable bonds is 4. The quantitative estimate of drug-likeness (QED) is 0.628. The van der Waals surface area contributed by atoms with Crippen molar-refractivity contribution in [3.8, 4) is 0 Å². The lowest BCUT2D eigenvalue weighted by atomic mass is 10.2. The number of aromatic nitrogens is 2. The molecule has 0 saturated carbocycles. The lowest BCUT2D eigenvalue weighted by molar-refractivity contribution is -0.387. The second kappa shape index (κ2) is 5.00. The Hall–Kier alpha value is -2.29. The van der Waals surface area contributed by atoms with Gasteiger partial charge in [0.2, 0.25) is 20.8 Å². The molecule has 0 atom stereocenters. The van der Waals surface area contributed by atoms with Crippen LogP contribution in [0.4, 0.5) is 10.1 Å². The highest BCUT2D eigenvalue weighted by Gasteiger charge is 2.17. The smallest absolute Gasteiger partial charge is 0.304 e. The van der Waals surface area contributed by atoms with E-state index < -0.39 is 26.3 Å². The average molecular weight is 299 g/mol. The lowest BCUT2D eigenvalue weighted by Crippen LogP contribution is -2.10. The Balaban J connectivity index is 2.35. The van der Waals surface area contributed by atoms with Gasteiger partial charge in [0.25, 0.3) is 0 Å². The molecule has 0 aliphatic carbocycles. The molecule has 0 aliphatic heterocycles. The maximum absolute atomic E-state index is 13.5. The molecule has 0 bridgehead atoms. The zero-order valence-corrected chi connectivity index (χ0v) is 11.2. The molecular formula is C11H10FN3O4S. The lowest BCUT2D eigenvalue weighted by Gasteiger charge is -2.06. The van der Waals surface area contributed by atoms with E-state index in [1.54, 1.807) is 0 Å². The molecule has 1 aromatic carbocycles. The molecule has 0 radical (unpaired) electrons. The summed E-state index contributed by atoms with van der Waals surface area (Å²) in [4.78, 5) is 13.4. The molecule has 0 saturated heterocycles. The first kappa shape index (κ1) is 14.1. The molecule has 1 heterocycles. The van der Waals surface area contributed by atoms with E-state index in [9.17, 15) is 22.9 Å². The SMILES string of the molecule is CS(=O)(=O)c1nccn1Cc1ccc([N+](=O)[O-])c(F)c1. The van der Waals surface area contributed by atoms with Crippen molar-refractivity contribution in [3.63, 3.8) is 0 Å². The number of hydrogen-bond donors (Lipinski definition) is 0. The van der Waals surface area contributed by atoms with E-state index in [0.29, 0.717) is 5.56 Å². The fraction of sp³-hybridized carbons (Fsp3) is 0.182. The van der Waals surface area contributed by atoms with Gasteiger partial charge in [-0.25, -0.2) is 13.4 Å². The van der Waals surface area contributed by atoms with Crippen molar-refractivity contribution in [1.29, 1.82) is 0 Å². The van der Waals surface area contributed by atoms with Crippen LogP contribution in [0.5, 0.6) is 0 Å². The average Bonchev–Trinajstić information content (AvgIpc) is 2.76. The van der Waals surface area contributed by atoms with Crippen LogP contribution in [-0.4, -0.2) is 29.1 Å². The molecule has 0 unspecified atom stereocenters. The maximum atomic E-state index is 13.5. The van der Waals surface area contributed by atoms with Gasteiger partial charge in [-0.15, -0.1) is 0 Å². The second-order valence-electron chi connectivity index (χ2n) is 4.15. The van der Waals surface area contributed by atoms with Crippen LogP contribution in [0.1, 0.15) is 5.56 Å². The summed E-state index contributed by atoms with van der Waals surface area (Å²) in [5, 5.41) is 10.4. The Kier molecular flexibility index (Phi) is 3.53. The first-order valence-corrected chi connectivity index (χ1v) is 7.32. The largest absolute Gasteiger partial charge is 0.318 e. The summed E-state index contributed by atoms with van der Waals surface area (Å²) < 4.78 is 37.7. The van der Waals surface area contributed by atoms with Gasteiger partial charge in [0, 0.05) is 31.3 Å². The van der Waals surface area contributed by atoms with Crippen molar-refractivity contribution in [1.82, 2.24) is 9.55 Å². The molecule has 7 nitrogen and oxygen atoms in total. The van der Waals surface area contributed by atoms with Crippen molar-refractivity contribution in [2.24, 2.45) is 0 Å². The van der Waals surface area contributed by atoms with E-state index >= 15 is 0 Å². The van der Waals surface area contributed by atoms with Crippen LogP contribution >= 0.6 is 0 Å². The van der Waals surface area contributed by atoms with Gasteiger partial charge in [-0.2, -0.15) is 4.39 Å². The molecule has 0 amide bonds. The normalized spacial score (nSPS) is 11.5. The molecule has 2 aromatic rings. The highest BCUT2D eigenvalue weighted by Crippen LogP contribution is 2.19. The molecule has 106 valence electrons. The van der Waals surface area contributed by atoms with Crippen LogP contribution in [0.15, 0.2) is 35.7 Å². The van der Waals surface area contributed by atoms with E-state index in [4.69, 9.17) is 0 Å². The Bertz CT molecular complexity index is 770. The van der Waals surface area contributed by atoms with Crippen LogP contribution in [0.25, 0.3) is 0 Å². The summed E-state index contributed by atoms with van der Waals surface area (Å²) in [6.45, 7) is 0.0529. The fourth-order valence-electron chi connectivity index (χ4n) is 1.74. The minimum Gasteiger partial charge on any atom is -0.318 e. The number of hydrogen-bond acceptors (Lipinski definition) is 5. The molecular weight excluding hydrogens is 289 g/mol. The Morgan fingerprint density at radius 1 is 1.45 bits per heavy atom. The number of halogens is 1. The Morgan fingerprint density at radius 3 is 2.70 bits per heavy atom. The van der Waals surface area contributed by atoms with Gasteiger partial charge in [-0.3, -0.25) is 10.1 Å². The zero-order valence-electron chi connectivity index (χ0n) is 10.4. The minimum atomic E-state index is -3.49. The van der Waals surface area contributed by atoms with Gasteiger partial charge < -0.3 is 4.57 Å². The zero-order chi connectivity index (χ0) is 14.9.